The molecule has 33 heavy (non-hydrogen) atoms. The number of amides is 1. The lowest BCUT2D eigenvalue weighted by molar-refractivity contribution is -0.274. The lowest BCUT2D eigenvalue weighted by Gasteiger charge is -2.17. The van der Waals surface area contributed by atoms with Crippen LogP contribution >= 0.6 is 0 Å². The molecule has 1 atom stereocenters. The standard InChI is InChI=1S/C24H18F3NO5/c25-24(26,27)33-19-13-11-18(12-14-19)22(30)28-20(21(29)17-9-5-2-6-10-17)23(31)32-15-16-7-3-1-4-8-16/h1-14,20H,15H2,(H,28,30). The van der Waals surface area contributed by atoms with E-state index < -0.39 is 35.8 Å². The fraction of sp³-hybridized carbons (Fsp3) is 0.125. The molecule has 0 spiro atoms. The Hall–Kier alpha value is -4.14. The van der Waals surface area contributed by atoms with Gasteiger partial charge < -0.3 is 14.8 Å². The van der Waals surface area contributed by atoms with Gasteiger partial charge in [-0.05, 0) is 29.8 Å². The maximum Gasteiger partial charge on any atom is 0.573 e. The monoisotopic (exact) mass is 457 g/mol. The Morgan fingerprint density at radius 2 is 1.36 bits per heavy atom. The normalized spacial score (nSPS) is 11.8. The summed E-state index contributed by atoms with van der Waals surface area (Å²) < 4.78 is 45.9. The number of ketones is 1. The van der Waals surface area contributed by atoms with Gasteiger partial charge >= 0.3 is 12.3 Å². The highest BCUT2D eigenvalue weighted by molar-refractivity contribution is 6.14. The fourth-order valence-electron chi connectivity index (χ4n) is 2.84. The number of carbonyl (C=O) groups excluding carboxylic acids is 3. The summed E-state index contributed by atoms with van der Waals surface area (Å²) in [6, 6.07) is 19.0. The first-order valence-electron chi connectivity index (χ1n) is 9.69. The number of hydrogen-bond donors (Lipinski definition) is 1. The van der Waals surface area contributed by atoms with E-state index in [-0.39, 0.29) is 17.7 Å². The molecule has 0 saturated carbocycles. The Morgan fingerprint density at radius 3 is 1.94 bits per heavy atom. The third-order valence-electron chi connectivity index (χ3n) is 4.41. The van der Waals surface area contributed by atoms with Crippen LogP contribution < -0.4 is 10.1 Å². The van der Waals surface area contributed by atoms with E-state index in [1.54, 1.807) is 48.5 Å². The molecule has 0 saturated heterocycles. The topological polar surface area (TPSA) is 81.7 Å². The van der Waals surface area contributed by atoms with Crippen LogP contribution in [0, 0.1) is 0 Å². The molecule has 1 N–H and O–H groups in total. The minimum atomic E-state index is -4.88. The predicted octanol–water partition coefficient (Wildman–Crippen LogP) is 4.31. The van der Waals surface area contributed by atoms with Crippen LogP contribution in [0.25, 0.3) is 0 Å². The average Bonchev–Trinajstić information content (AvgIpc) is 2.81. The molecule has 3 aromatic carbocycles. The van der Waals surface area contributed by atoms with E-state index in [1.807, 2.05) is 0 Å². The molecule has 1 unspecified atom stereocenters. The molecular formula is C24H18F3NO5. The van der Waals surface area contributed by atoms with Crippen LogP contribution in [-0.2, 0) is 16.1 Å². The first-order chi connectivity index (χ1) is 15.7. The number of alkyl halides is 3. The Labute approximate surface area is 186 Å². The summed E-state index contributed by atoms with van der Waals surface area (Å²) in [5.41, 5.74) is 0.781. The first-order valence-corrected chi connectivity index (χ1v) is 9.69. The Balaban J connectivity index is 1.76. The highest BCUT2D eigenvalue weighted by Crippen LogP contribution is 2.22. The van der Waals surface area contributed by atoms with E-state index in [2.05, 4.69) is 10.1 Å². The third-order valence-corrected chi connectivity index (χ3v) is 4.41. The van der Waals surface area contributed by atoms with Crippen LogP contribution in [-0.4, -0.2) is 30.1 Å². The van der Waals surface area contributed by atoms with Gasteiger partial charge in [0.25, 0.3) is 5.91 Å². The van der Waals surface area contributed by atoms with Crippen LogP contribution in [0.15, 0.2) is 84.9 Å². The summed E-state index contributed by atoms with van der Waals surface area (Å²) in [5, 5.41) is 2.31. The Bertz CT molecular complexity index is 1100. The van der Waals surface area contributed by atoms with Crippen molar-refractivity contribution in [2.75, 3.05) is 0 Å². The maximum absolute atomic E-state index is 12.9. The van der Waals surface area contributed by atoms with Gasteiger partial charge in [0.1, 0.15) is 12.4 Å². The number of Topliss-reactive ketones (excluding diaryl/α,β-unsaturated/α-hetero) is 1. The molecule has 0 fully saturated rings. The molecule has 9 heteroatoms. The summed E-state index contributed by atoms with van der Waals surface area (Å²) in [5.74, 6) is -3.03. The molecule has 0 aliphatic rings. The van der Waals surface area contributed by atoms with Gasteiger partial charge in [0, 0.05) is 11.1 Å². The number of benzene rings is 3. The molecule has 1 amide bonds. The molecule has 0 aliphatic heterocycles. The largest absolute Gasteiger partial charge is 0.573 e. The van der Waals surface area contributed by atoms with E-state index in [0.717, 1.165) is 24.3 Å². The quantitative estimate of drug-likeness (QED) is 0.310. The molecule has 6 nitrogen and oxygen atoms in total. The minimum absolute atomic E-state index is 0.0776. The average molecular weight is 457 g/mol. The van der Waals surface area contributed by atoms with Gasteiger partial charge in [-0.2, -0.15) is 0 Å². The Morgan fingerprint density at radius 1 is 0.788 bits per heavy atom. The first kappa shape index (κ1) is 23.5. The predicted molar refractivity (Wildman–Crippen MR) is 111 cm³/mol. The molecule has 0 aromatic heterocycles. The fourth-order valence-corrected chi connectivity index (χ4v) is 2.84. The van der Waals surface area contributed by atoms with E-state index in [4.69, 9.17) is 4.74 Å². The third kappa shape index (κ3) is 6.93. The van der Waals surface area contributed by atoms with E-state index in [0.29, 0.717) is 5.56 Å². The zero-order chi connectivity index (χ0) is 23.8. The minimum Gasteiger partial charge on any atom is -0.459 e. The number of rotatable bonds is 8. The van der Waals surface area contributed by atoms with Crippen molar-refractivity contribution >= 4 is 17.7 Å². The van der Waals surface area contributed by atoms with Crippen molar-refractivity contribution in [2.24, 2.45) is 0 Å². The maximum atomic E-state index is 12.9. The smallest absolute Gasteiger partial charge is 0.459 e. The molecule has 3 rings (SSSR count). The zero-order valence-corrected chi connectivity index (χ0v) is 17.0. The Kier molecular flexibility index (Phi) is 7.45. The molecule has 0 heterocycles. The van der Waals surface area contributed by atoms with Crippen LogP contribution in [0.5, 0.6) is 5.75 Å². The van der Waals surface area contributed by atoms with Gasteiger partial charge in [0.2, 0.25) is 0 Å². The number of nitrogens with one attached hydrogen (secondary N) is 1. The van der Waals surface area contributed by atoms with Gasteiger partial charge in [-0.15, -0.1) is 13.2 Å². The molecular weight excluding hydrogens is 439 g/mol. The molecule has 0 aliphatic carbocycles. The van der Waals surface area contributed by atoms with E-state index >= 15 is 0 Å². The van der Waals surface area contributed by atoms with Crippen molar-refractivity contribution in [3.63, 3.8) is 0 Å². The molecule has 0 radical (unpaired) electrons. The lowest BCUT2D eigenvalue weighted by atomic mass is 10.0. The van der Waals surface area contributed by atoms with Crippen molar-refractivity contribution in [1.82, 2.24) is 5.32 Å². The van der Waals surface area contributed by atoms with Gasteiger partial charge in [-0.1, -0.05) is 60.7 Å². The summed E-state index contributed by atoms with van der Waals surface area (Å²) in [4.78, 5) is 38.3. The second-order valence-corrected chi connectivity index (χ2v) is 6.80. The molecule has 0 bridgehead atoms. The summed E-state index contributed by atoms with van der Waals surface area (Å²) in [7, 11) is 0. The summed E-state index contributed by atoms with van der Waals surface area (Å²) in [6.45, 7) is -0.114. The highest BCUT2D eigenvalue weighted by Gasteiger charge is 2.32. The molecule has 3 aromatic rings. The summed E-state index contributed by atoms with van der Waals surface area (Å²) >= 11 is 0. The second kappa shape index (κ2) is 10.4. The van der Waals surface area contributed by atoms with Gasteiger partial charge in [0.05, 0.1) is 0 Å². The van der Waals surface area contributed by atoms with Crippen LogP contribution in [0.2, 0.25) is 0 Å². The number of esters is 1. The van der Waals surface area contributed by atoms with Crippen molar-refractivity contribution in [3.8, 4) is 5.75 Å². The zero-order valence-electron chi connectivity index (χ0n) is 17.0. The van der Waals surface area contributed by atoms with Crippen molar-refractivity contribution in [3.05, 3.63) is 102 Å². The SMILES string of the molecule is O=C(NC(C(=O)OCc1ccccc1)C(=O)c1ccccc1)c1ccc(OC(F)(F)F)cc1. The van der Waals surface area contributed by atoms with Crippen LogP contribution in [0.1, 0.15) is 26.3 Å². The lowest BCUT2D eigenvalue weighted by Crippen LogP contribution is -2.47. The summed E-state index contributed by atoms with van der Waals surface area (Å²) in [6.07, 6.45) is -4.88. The van der Waals surface area contributed by atoms with Gasteiger partial charge in [-0.25, -0.2) is 4.79 Å². The molecule has 170 valence electrons. The number of hydrogen-bond acceptors (Lipinski definition) is 5. The van der Waals surface area contributed by atoms with Crippen molar-refractivity contribution < 1.29 is 37.0 Å². The number of ether oxygens (including phenoxy) is 2. The van der Waals surface area contributed by atoms with Crippen molar-refractivity contribution in [1.29, 1.82) is 0 Å². The van der Waals surface area contributed by atoms with E-state index in [9.17, 15) is 27.6 Å². The van der Waals surface area contributed by atoms with Crippen LogP contribution in [0.4, 0.5) is 13.2 Å². The number of halogens is 3. The van der Waals surface area contributed by atoms with Gasteiger partial charge in [-0.3, -0.25) is 9.59 Å². The highest BCUT2D eigenvalue weighted by atomic mass is 19.4. The second-order valence-electron chi connectivity index (χ2n) is 6.80. The van der Waals surface area contributed by atoms with Crippen molar-refractivity contribution in [2.45, 2.75) is 19.0 Å². The van der Waals surface area contributed by atoms with E-state index in [1.165, 1.54) is 12.1 Å². The van der Waals surface area contributed by atoms with Gasteiger partial charge in [0.15, 0.2) is 11.8 Å². The number of carbonyl (C=O) groups is 3. The van der Waals surface area contributed by atoms with Crippen LogP contribution in [0.3, 0.4) is 0 Å².